The number of hydrogen-bond acceptors (Lipinski definition) is 3. The van der Waals surface area contributed by atoms with Crippen LogP contribution in [0.4, 0.5) is 0 Å². The van der Waals surface area contributed by atoms with Gasteiger partial charge in [0.25, 0.3) is 5.91 Å². The second-order valence-electron chi connectivity index (χ2n) is 7.83. The molecule has 6 heteroatoms. The van der Waals surface area contributed by atoms with Gasteiger partial charge in [-0.2, -0.15) is 0 Å². The summed E-state index contributed by atoms with van der Waals surface area (Å²) in [4.78, 5) is 32.9. The fraction of sp³-hybridized carbons (Fsp3) is 0.348. The summed E-state index contributed by atoms with van der Waals surface area (Å²) in [6.45, 7) is 6.06. The maximum absolute atomic E-state index is 12.6. The normalized spacial score (nSPS) is 13.2. The standard InChI is InChI=1S/C23H28N4O2/c1-15(2)13-20(22-26-18-11-7-8-12-19(18)27-22)25-21(28)14-16(3)24-23(29)17-9-5-4-6-10-17/h4-12,15-16,20H,13-14H2,1-3H3,(H,24,29)(H,25,28)(H,26,27). The first-order chi connectivity index (χ1) is 13.9. The van der Waals surface area contributed by atoms with Crippen LogP contribution in [0.15, 0.2) is 54.6 Å². The first-order valence-electron chi connectivity index (χ1n) is 10.0. The zero-order valence-electron chi connectivity index (χ0n) is 17.1. The molecular formula is C23H28N4O2. The molecule has 2 unspecified atom stereocenters. The number of rotatable bonds is 8. The van der Waals surface area contributed by atoms with Crippen LogP contribution >= 0.6 is 0 Å². The van der Waals surface area contributed by atoms with Crippen LogP contribution in [-0.4, -0.2) is 27.8 Å². The predicted molar refractivity (Wildman–Crippen MR) is 114 cm³/mol. The van der Waals surface area contributed by atoms with Crippen molar-refractivity contribution >= 4 is 22.8 Å². The molecule has 152 valence electrons. The van der Waals surface area contributed by atoms with Gasteiger partial charge in [-0.3, -0.25) is 9.59 Å². The Hall–Kier alpha value is -3.15. The molecule has 0 aliphatic rings. The van der Waals surface area contributed by atoms with E-state index in [-0.39, 0.29) is 30.3 Å². The molecule has 3 N–H and O–H groups in total. The smallest absolute Gasteiger partial charge is 0.251 e. The Labute approximate surface area is 171 Å². The number of aromatic nitrogens is 2. The molecule has 3 aromatic rings. The van der Waals surface area contributed by atoms with Gasteiger partial charge in [0.1, 0.15) is 5.82 Å². The maximum Gasteiger partial charge on any atom is 0.251 e. The van der Waals surface area contributed by atoms with Crippen molar-refractivity contribution in [2.75, 3.05) is 0 Å². The van der Waals surface area contributed by atoms with Crippen LogP contribution in [0.25, 0.3) is 11.0 Å². The van der Waals surface area contributed by atoms with E-state index in [1.54, 1.807) is 12.1 Å². The second kappa shape index (κ2) is 9.37. The summed E-state index contributed by atoms with van der Waals surface area (Å²) in [5.41, 5.74) is 2.42. The van der Waals surface area contributed by atoms with Gasteiger partial charge >= 0.3 is 0 Å². The fourth-order valence-electron chi connectivity index (χ4n) is 3.33. The van der Waals surface area contributed by atoms with Crippen molar-refractivity contribution in [1.82, 2.24) is 20.6 Å². The Balaban J connectivity index is 1.63. The van der Waals surface area contributed by atoms with E-state index in [2.05, 4.69) is 34.4 Å². The molecule has 0 radical (unpaired) electrons. The predicted octanol–water partition coefficient (Wildman–Crippen LogP) is 3.97. The van der Waals surface area contributed by atoms with Crippen molar-refractivity contribution in [2.24, 2.45) is 5.92 Å². The summed E-state index contributed by atoms with van der Waals surface area (Å²) < 4.78 is 0. The summed E-state index contributed by atoms with van der Waals surface area (Å²) in [5, 5.41) is 5.96. The molecule has 1 aromatic heterocycles. The number of fused-ring (bicyclic) bond motifs is 1. The average Bonchev–Trinajstić information content (AvgIpc) is 3.12. The van der Waals surface area contributed by atoms with Crippen molar-refractivity contribution in [3.05, 3.63) is 66.0 Å². The molecule has 3 rings (SSSR count). The molecule has 0 aliphatic carbocycles. The molecular weight excluding hydrogens is 364 g/mol. The van der Waals surface area contributed by atoms with Crippen molar-refractivity contribution in [1.29, 1.82) is 0 Å². The lowest BCUT2D eigenvalue weighted by Gasteiger charge is -2.20. The average molecular weight is 393 g/mol. The number of amides is 2. The van der Waals surface area contributed by atoms with E-state index >= 15 is 0 Å². The Morgan fingerprint density at radius 2 is 1.66 bits per heavy atom. The molecule has 0 saturated heterocycles. The lowest BCUT2D eigenvalue weighted by atomic mass is 10.0. The molecule has 0 saturated carbocycles. The van der Waals surface area contributed by atoms with E-state index in [0.29, 0.717) is 11.5 Å². The summed E-state index contributed by atoms with van der Waals surface area (Å²) in [6.07, 6.45) is 0.976. The van der Waals surface area contributed by atoms with Gasteiger partial charge in [0.2, 0.25) is 5.91 Å². The number of imidazole rings is 1. The SMILES string of the molecule is CC(C)CC(NC(=O)CC(C)NC(=O)c1ccccc1)c1nc2ccccc2[nH]1. The summed E-state index contributed by atoms with van der Waals surface area (Å²) in [7, 11) is 0. The van der Waals surface area contributed by atoms with Gasteiger partial charge in [-0.05, 0) is 43.5 Å². The van der Waals surface area contributed by atoms with Crippen LogP contribution in [0.5, 0.6) is 0 Å². The molecule has 1 heterocycles. The van der Waals surface area contributed by atoms with Gasteiger partial charge < -0.3 is 15.6 Å². The molecule has 2 amide bonds. The van der Waals surface area contributed by atoms with Gasteiger partial charge in [-0.1, -0.05) is 44.2 Å². The number of H-pyrrole nitrogens is 1. The molecule has 0 bridgehead atoms. The van der Waals surface area contributed by atoms with Crippen LogP contribution < -0.4 is 10.6 Å². The topological polar surface area (TPSA) is 86.9 Å². The number of para-hydroxylation sites is 2. The third kappa shape index (κ3) is 5.67. The summed E-state index contributed by atoms with van der Waals surface area (Å²) >= 11 is 0. The monoisotopic (exact) mass is 392 g/mol. The highest BCUT2D eigenvalue weighted by atomic mass is 16.2. The molecule has 6 nitrogen and oxygen atoms in total. The summed E-state index contributed by atoms with van der Waals surface area (Å²) in [6, 6.07) is 16.3. The van der Waals surface area contributed by atoms with E-state index in [1.807, 2.05) is 49.4 Å². The van der Waals surface area contributed by atoms with Crippen LogP contribution in [-0.2, 0) is 4.79 Å². The molecule has 29 heavy (non-hydrogen) atoms. The van der Waals surface area contributed by atoms with Crippen LogP contribution in [0.1, 0.15) is 55.8 Å². The minimum Gasteiger partial charge on any atom is -0.349 e. The molecule has 0 aliphatic heterocycles. The third-order valence-corrected chi connectivity index (χ3v) is 4.69. The van der Waals surface area contributed by atoms with E-state index in [0.717, 1.165) is 23.3 Å². The molecule has 2 atom stereocenters. The lowest BCUT2D eigenvalue weighted by Crippen LogP contribution is -2.38. The third-order valence-electron chi connectivity index (χ3n) is 4.69. The van der Waals surface area contributed by atoms with Crippen molar-refractivity contribution in [3.8, 4) is 0 Å². The zero-order valence-corrected chi connectivity index (χ0v) is 17.1. The minimum absolute atomic E-state index is 0.114. The highest BCUT2D eigenvalue weighted by molar-refractivity contribution is 5.94. The Kier molecular flexibility index (Phi) is 6.65. The van der Waals surface area contributed by atoms with Crippen molar-refractivity contribution in [2.45, 2.75) is 45.7 Å². The lowest BCUT2D eigenvalue weighted by molar-refractivity contribution is -0.122. The Morgan fingerprint density at radius 3 is 2.34 bits per heavy atom. The maximum atomic E-state index is 12.6. The number of benzene rings is 2. The largest absolute Gasteiger partial charge is 0.349 e. The number of carbonyl (C=O) groups excluding carboxylic acids is 2. The van der Waals surface area contributed by atoms with Gasteiger partial charge in [0, 0.05) is 18.0 Å². The Bertz CT molecular complexity index is 932. The second-order valence-corrected chi connectivity index (χ2v) is 7.83. The van der Waals surface area contributed by atoms with Crippen LogP contribution in [0.3, 0.4) is 0 Å². The van der Waals surface area contributed by atoms with E-state index in [1.165, 1.54) is 0 Å². The van der Waals surface area contributed by atoms with Crippen molar-refractivity contribution < 1.29 is 9.59 Å². The van der Waals surface area contributed by atoms with E-state index in [9.17, 15) is 9.59 Å². The van der Waals surface area contributed by atoms with E-state index in [4.69, 9.17) is 0 Å². The number of aromatic amines is 1. The van der Waals surface area contributed by atoms with Gasteiger partial charge in [-0.15, -0.1) is 0 Å². The molecule has 0 fully saturated rings. The highest BCUT2D eigenvalue weighted by Gasteiger charge is 2.21. The fourth-order valence-corrected chi connectivity index (χ4v) is 3.33. The van der Waals surface area contributed by atoms with Gasteiger partial charge in [0.05, 0.1) is 17.1 Å². The van der Waals surface area contributed by atoms with E-state index < -0.39 is 0 Å². The quantitative estimate of drug-likeness (QED) is 0.542. The zero-order chi connectivity index (χ0) is 20.8. The first-order valence-corrected chi connectivity index (χ1v) is 10.0. The van der Waals surface area contributed by atoms with Crippen molar-refractivity contribution in [3.63, 3.8) is 0 Å². The highest BCUT2D eigenvalue weighted by Crippen LogP contribution is 2.22. The molecule has 0 spiro atoms. The first kappa shape index (κ1) is 20.6. The summed E-state index contributed by atoms with van der Waals surface area (Å²) in [5.74, 6) is 0.858. The van der Waals surface area contributed by atoms with Gasteiger partial charge in [0.15, 0.2) is 0 Å². The minimum atomic E-state index is -0.280. The number of carbonyl (C=O) groups is 2. The van der Waals surface area contributed by atoms with Crippen LogP contribution in [0.2, 0.25) is 0 Å². The van der Waals surface area contributed by atoms with Crippen LogP contribution in [0, 0.1) is 5.92 Å². The number of nitrogens with zero attached hydrogens (tertiary/aromatic N) is 1. The molecule has 2 aromatic carbocycles. The number of hydrogen-bond donors (Lipinski definition) is 3. The number of nitrogens with one attached hydrogen (secondary N) is 3. The Morgan fingerprint density at radius 1 is 0.966 bits per heavy atom. The van der Waals surface area contributed by atoms with Gasteiger partial charge in [-0.25, -0.2) is 4.98 Å².